The summed E-state index contributed by atoms with van der Waals surface area (Å²) in [6.07, 6.45) is 0.445. The second-order valence-corrected chi connectivity index (χ2v) is 5.71. The molecular formula is C19H21NO2. The Labute approximate surface area is 131 Å². The molecule has 1 aliphatic heterocycles. The molecule has 1 atom stereocenters. The summed E-state index contributed by atoms with van der Waals surface area (Å²) >= 11 is 0. The molecule has 0 amide bonds. The molecule has 3 heteroatoms. The molecule has 3 nitrogen and oxygen atoms in total. The molecular weight excluding hydrogens is 274 g/mol. The van der Waals surface area contributed by atoms with Crippen molar-refractivity contribution in [1.82, 2.24) is 4.90 Å². The normalized spacial score (nSPS) is 19.0. The van der Waals surface area contributed by atoms with E-state index in [1.807, 2.05) is 36.4 Å². The van der Waals surface area contributed by atoms with Crippen LogP contribution in [0.2, 0.25) is 0 Å². The molecule has 0 bridgehead atoms. The van der Waals surface area contributed by atoms with Crippen molar-refractivity contribution < 1.29 is 9.53 Å². The van der Waals surface area contributed by atoms with Crippen molar-refractivity contribution in [2.75, 3.05) is 19.7 Å². The van der Waals surface area contributed by atoms with Gasteiger partial charge in [-0.3, -0.25) is 9.69 Å². The van der Waals surface area contributed by atoms with Gasteiger partial charge in [0.25, 0.3) is 0 Å². The number of carbonyl (C=O) groups excluding carboxylic acids is 1. The molecule has 2 aromatic carbocycles. The van der Waals surface area contributed by atoms with Gasteiger partial charge in [0.15, 0.2) is 5.78 Å². The minimum absolute atomic E-state index is 0.00910. The van der Waals surface area contributed by atoms with Gasteiger partial charge in [0, 0.05) is 31.6 Å². The van der Waals surface area contributed by atoms with Gasteiger partial charge in [-0.25, -0.2) is 0 Å². The summed E-state index contributed by atoms with van der Waals surface area (Å²) in [5.74, 6) is 0.159. The van der Waals surface area contributed by atoms with Crippen molar-refractivity contribution >= 4 is 5.78 Å². The topological polar surface area (TPSA) is 29.5 Å². The number of morpholine rings is 1. The Bertz CT molecular complexity index is 597. The molecule has 2 aromatic rings. The highest BCUT2D eigenvalue weighted by Gasteiger charge is 2.23. The van der Waals surface area contributed by atoms with Crippen LogP contribution in [0.1, 0.15) is 22.3 Å². The quantitative estimate of drug-likeness (QED) is 0.794. The number of hydrogen-bond donors (Lipinski definition) is 0. The summed E-state index contributed by atoms with van der Waals surface area (Å²) < 4.78 is 5.78. The number of ether oxygens (including phenoxy) is 1. The first-order chi connectivity index (χ1) is 10.8. The zero-order valence-corrected chi connectivity index (χ0v) is 12.7. The lowest BCUT2D eigenvalue weighted by Gasteiger charge is -2.32. The highest BCUT2D eigenvalue weighted by molar-refractivity contribution is 5.96. The van der Waals surface area contributed by atoms with E-state index < -0.39 is 0 Å². The molecule has 1 heterocycles. The molecule has 0 unspecified atom stereocenters. The van der Waals surface area contributed by atoms with Crippen LogP contribution in [0, 0.1) is 0 Å². The van der Waals surface area contributed by atoms with Crippen molar-refractivity contribution in [1.29, 1.82) is 0 Å². The van der Waals surface area contributed by atoms with E-state index in [1.54, 1.807) is 0 Å². The van der Waals surface area contributed by atoms with Crippen molar-refractivity contribution in [2.24, 2.45) is 0 Å². The molecule has 1 aliphatic rings. The summed E-state index contributed by atoms with van der Waals surface area (Å²) in [6, 6.07) is 19.9. The smallest absolute Gasteiger partial charge is 0.165 e. The summed E-state index contributed by atoms with van der Waals surface area (Å²) in [7, 11) is 0. The Balaban J connectivity index is 1.55. The molecule has 0 saturated carbocycles. The van der Waals surface area contributed by atoms with Crippen LogP contribution in [-0.2, 0) is 11.3 Å². The Morgan fingerprint density at radius 1 is 1.05 bits per heavy atom. The SMILES string of the molecule is O=C(C[C@H]1CN(Cc2ccccc2)CCO1)c1ccccc1. The summed E-state index contributed by atoms with van der Waals surface area (Å²) in [5, 5.41) is 0. The highest BCUT2D eigenvalue weighted by Crippen LogP contribution is 2.15. The van der Waals surface area contributed by atoms with E-state index in [9.17, 15) is 4.79 Å². The van der Waals surface area contributed by atoms with E-state index in [0.29, 0.717) is 13.0 Å². The van der Waals surface area contributed by atoms with Crippen LogP contribution in [0.5, 0.6) is 0 Å². The summed E-state index contributed by atoms with van der Waals surface area (Å²) in [4.78, 5) is 14.6. The van der Waals surface area contributed by atoms with Gasteiger partial charge in [0.05, 0.1) is 12.7 Å². The first-order valence-electron chi connectivity index (χ1n) is 7.77. The van der Waals surface area contributed by atoms with Crippen molar-refractivity contribution in [3.8, 4) is 0 Å². The minimum Gasteiger partial charge on any atom is -0.375 e. The monoisotopic (exact) mass is 295 g/mol. The Morgan fingerprint density at radius 2 is 1.73 bits per heavy atom. The van der Waals surface area contributed by atoms with Gasteiger partial charge in [0.1, 0.15) is 0 Å². The number of hydrogen-bond acceptors (Lipinski definition) is 3. The fraction of sp³-hybridized carbons (Fsp3) is 0.316. The van der Waals surface area contributed by atoms with Gasteiger partial charge in [-0.15, -0.1) is 0 Å². The molecule has 3 rings (SSSR count). The standard InChI is InChI=1S/C19H21NO2/c21-19(17-9-5-2-6-10-17)13-18-15-20(11-12-22-18)14-16-7-3-1-4-8-16/h1-10,18H,11-15H2/t18-/m0/s1. The van der Waals surface area contributed by atoms with Crippen LogP contribution >= 0.6 is 0 Å². The second kappa shape index (κ2) is 7.34. The number of rotatable bonds is 5. The number of benzene rings is 2. The van der Waals surface area contributed by atoms with E-state index in [-0.39, 0.29) is 11.9 Å². The lowest BCUT2D eigenvalue weighted by atomic mass is 10.0. The minimum atomic E-state index is -0.00910. The molecule has 0 spiro atoms. The van der Waals surface area contributed by atoms with E-state index >= 15 is 0 Å². The largest absolute Gasteiger partial charge is 0.375 e. The van der Waals surface area contributed by atoms with Gasteiger partial charge in [-0.2, -0.15) is 0 Å². The van der Waals surface area contributed by atoms with Crippen molar-refractivity contribution in [3.05, 3.63) is 71.8 Å². The van der Waals surface area contributed by atoms with Crippen LogP contribution in [0.25, 0.3) is 0 Å². The zero-order chi connectivity index (χ0) is 15.2. The number of carbonyl (C=O) groups is 1. The van der Waals surface area contributed by atoms with Gasteiger partial charge in [-0.1, -0.05) is 60.7 Å². The maximum Gasteiger partial charge on any atom is 0.165 e. The molecule has 114 valence electrons. The van der Waals surface area contributed by atoms with Crippen LogP contribution in [0.3, 0.4) is 0 Å². The third-order valence-corrected chi connectivity index (χ3v) is 3.98. The molecule has 1 saturated heterocycles. The van der Waals surface area contributed by atoms with Gasteiger partial charge in [-0.05, 0) is 5.56 Å². The predicted molar refractivity (Wildman–Crippen MR) is 86.8 cm³/mol. The molecule has 0 aliphatic carbocycles. The molecule has 0 aromatic heterocycles. The van der Waals surface area contributed by atoms with Crippen molar-refractivity contribution in [3.63, 3.8) is 0 Å². The van der Waals surface area contributed by atoms with Crippen LogP contribution in [0.4, 0.5) is 0 Å². The first-order valence-corrected chi connectivity index (χ1v) is 7.77. The number of ketones is 1. The molecule has 0 radical (unpaired) electrons. The Morgan fingerprint density at radius 3 is 2.45 bits per heavy atom. The van der Waals surface area contributed by atoms with Crippen LogP contribution in [0.15, 0.2) is 60.7 Å². The second-order valence-electron chi connectivity index (χ2n) is 5.71. The molecule has 1 fully saturated rings. The van der Waals surface area contributed by atoms with E-state index in [4.69, 9.17) is 4.74 Å². The van der Waals surface area contributed by atoms with Gasteiger partial charge < -0.3 is 4.74 Å². The van der Waals surface area contributed by atoms with Crippen LogP contribution in [-0.4, -0.2) is 36.5 Å². The highest BCUT2D eigenvalue weighted by atomic mass is 16.5. The zero-order valence-electron chi connectivity index (χ0n) is 12.7. The summed E-state index contributed by atoms with van der Waals surface area (Å²) in [5.41, 5.74) is 2.07. The van der Waals surface area contributed by atoms with Crippen LogP contribution < -0.4 is 0 Å². The third-order valence-electron chi connectivity index (χ3n) is 3.98. The number of Topliss-reactive ketones (excluding diaryl/α,β-unsaturated/α-hetero) is 1. The maximum atomic E-state index is 12.3. The maximum absolute atomic E-state index is 12.3. The van der Waals surface area contributed by atoms with E-state index in [0.717, 1.165) is 25.2 Å². The average Bonchev–Trinajstić information content (AvgIpc) is 2.57. The fourth-order valence-corrected chi connectivity index (χ4v) is 2.84. The van der Waals surface area contributed by atoms with E-state index in [1.165, 1.54) is 5.56 Å². The van der Waals surface area contributed by atoms with E-state index in [2.05, 4.69) is 29.2 Å². The number of nitrogens with zero attached hydrogens (tertiary/aromatic N) is 1. The van der Waals surface area contributed by atoms with Crippen molar-refractivity contribution in [2.45, 2.75) is 19.1 Å². The molecule has 0 N–H and O–H groups in total. The lowest BCUT2D eigenvalue weighted by molar-refractivity contribution is -0.0313. The van der Waals surface area contributed by atoms with Gasteiger partial charge >= 0.3 is 0 Å². The fourth-order valence-electron chi connectivity index (χ4n) is 2.84. The first kappa shape index (κ1) is 14.9. The predicted octanol–water partition coefficient (Wildman–Crippen LogP) is 3.16. The average molecular weight is 295 g/mol. The summed E-state index contributed by atoms with van der Waals surface area (Å²) in [6.45, 7) is 3.35. The Kier molecular flexibility index (Phi) is 4.99. The van der Waals surface area contributed by atoms with Gasteiger partial charge in [0.2, 0.25) is 0 Å². The lowest BCUT2D eigenvalue weighted by Crippen LogP contribution is -2.42. The Hall–Kier alpha value is -1.97. The molecule has 22 heavy (non-hydrogen) atoms. The third kappa shape index (κ3) is 4.03.